The number of aromatic nitrogens is 1. The fourth-order valence-electron chi connectivity index (χ4n) is 3.28. The van der Waals surface area contributed by atoms with E-state index in [1.165, 1.54) is 12.3 Å². The first-order chi connectivity index (χ1) is 9.70. The molecule has 1 aliphatic carbocycles. The van der Waals surface area contributed by atoms with Crippen LogP contribution in [-0.2, 0) is 0 Å². The van der Waals surface area contributed by atoms with E-state index in [0.717, 1.165) is 25.6 Å². The molecule has 1 amide bonds. The molecule has 2 bridgehead atoms. The van der Waals surface area contributed by atoms with Crippen LogP contribution in [0.3, 0.4) is 0 Å². The van der Waals surface area contributed by atoms with Crippen molar-refractivity contribution in [1.29, 1.82) is 0 Å². The molecule has 2 aromatic heterocycles. The highest BCUT2D eigenvalue weighted by Crippen LogP contribution is 2.31. The number of hydrogen-bond acceptors (Lipinski definition) is 4. The molecular weight excluding hydrogens is 261 g/mol. The Balaban J connectivity index is 1.56. The summed E-state index contributed by atoms with van der Waals surface area (Å²) in [6.45, 7) is 0.957. The number of hydrogen-bond donors (Lipinski definition) is 2. The third-order valence-electron chi connectivity index (χ3n) is 4.33. The quantitative estimate of drug-likeness (QED) is 0.870. The van der Waals surface area contributed by atoms with Crippen LogP contribution in [0.5, 0.6) is 0 Å². The Morgan fingerprint density at radius 1 is 1.50 bits per heavy atom. The smallest absolute Gasteiger partial charge is 0.270 e. The normalized spacial score (nSPS) is 28.1. The van der Waals surface area contributed by atoms with E-state index >= 15 is 0 Å². The zero-order valence-electron chi connectivity index (χ0n) is 10.7. The number of nitrogens with zero attached hydrogens (tertiary/aromatic N) is 1. The van der Waals surface area contributed by atoms with Crippen molar-refractivity contribution in [2.75, 3.05) is 6.54 Å². The van der Waals surface area contributed by atoms with Crippen LogP contribution in [0.1, 0.15) is 23.3 Å². The zero-order valence-corrected chi connectivity index (χ0v) is 10.7. The summed E-state index contributed by atoms with van der Waals surface area (Å²) in [5.74, 6) is -0.219. The monoisotopic (exact) mass is 275 g/mol. The van der Waals surface area contributed by atoms with Crippen LogP contribution in [0.25, 0.3) is 11.0 Å². The summed E-state index contributed by atoms with van der Waals surface area (Å²) >= 11 is 0. The number of carbonyl (C=O) groups is 1. The molecule has 1 aliphatic heterocycles. The van der Waals surface area contributed by atoms with Gasteiger partial charge >= 0.3 is 0 Å². The Hall–Kier alpha value is -1.95. The van der Waals surface area contributed by atoms with Gasteiger partial charge in [-0.2, -0.15) is 0 Å². The highest BCUT2D eigenvalue weighted by Gasteiger charge is 2.40. The maximum Gasteiger partial charge on any atom is 0.270 e. The number of rotatable bonds is 2. The minimum Gasteiger partial charge on any atom is -0.460 e. The number of pyridine rings is 1. The van der Waals surface area contributed by atoms with E-state index in [4.69, 9.17) is 4.42 Å². The van der Waals surface area contributed by atoms with Crippen molar-refractivity contribution in [3.63, 3.8) is 0 Å². The van der Waals surface area contributed by atoms with Crippen LogP contribution >= 0.6 is 0 Å². The van der Waals surface area contributed by atoms with Gasteiger partial charge in [0.1, 0.15) is 12.0 Å². The molecule has 1 saturated heterocycles. The van der Waals surface area contributed by atoms with Crippen LogP contribution in [0, 0.1) is 11.7 Å². The lowest BCUT2D eigenvalue weighted by Gasteiger charge is -2.23. The van der Waals surface area contributed by atoms with E-state index in [1.807, 2.05) is 0 Å². The Bertz CT molecular complexity index is 684. The van der Waals surface area contributed by atoms with Gasteiger partial charge in [-0.25, -0.2) is 9.37 Å². The van der Waals surface area contributed by atoms with Gasteiger partial charge in [-0.1, -0.05) is 0 Å². The van der Waals surface area contributed by atoms with Gasteiger partial charge in [-0.05, 0) is 24.8 Å². The second-order valence-electron chi connectivity index (χ2n) is 5.57. The topological polar surface area (TPSA) is 67.2 Å². The van der Waals surface area contributed by atoms with Gasteiger partial charge in [0.15, 0.2) is 11.4 Å². The predicted octanol–water partition coefficient (Wildman–Crippen LogP) is 1.45. The number of nitrogens with one attached hydrogen (secondary N) is 2. The van der Waals surface area contributed by atoms with Crippen LogP contribution in [0.4, 0.5) is 4.39 Å². The summed E-state index contributed by atoms with van der Waals surface area (Å²) in [4.78, 5) is 16.2. The summed E-state index contributed by atoms with van der Waals surface area (Å²) in [6, 6.07) is 2.15. The van der Waals surface area contributed by atoms with Crippen molar-refractivity contribution in [3.8, 4) is 0 Å². The maximum atomic E-state index is 13.5. The number of halogens is 1. The van der Waals surface area contributed by atoms with Gasteiger partial charge in [0.2, 0.25) is 0 Å². The number of fused-ring (bicyclic) bond motifs is 3. The molecular formula is C14H14FN3O2. The first kappa shape index (κ1) is 11.8. The van der Waals surface area contributed by atoms with Crippen molar-refractivity contribution in [3.05, 3.63) is 30.0 Å². The number of furan rings is 1. The van der Waals surface area contributed by atoms with Gasteiger partial charge in [0, 0.05) is 18.6 Å². The van der Waals surface area contributed by atoms with Gasteiger partial charge in [0.05, 0.1) is 11.6 Å². The highest BCUT2D eigenvalue weighted by atomic mass is 19.1. The molecule has 5 nitrogen and oxygen atoms in total. The van der Waals surface area contributed by atoms with E-state index in [0.29, 0.717) is 22.9 Å². The van der Waals surface area contributed by atoms with Gasteiger partial charge in [-0.3, -0.25) is 4.79 Å². The minimum atomic E-state index is -0.472. The second-order valence-corrected chi connectivity index (χ2v) is 5.57. The van der Waals surface area contributed by atoms with Crippen LogP contribution in [-0.4, -0.2) is 29.5 Å². The molecule has 2 N–H and O–H groups in total. The lowest BCUT2D eigenvalue weighted by Crippen LogP contribution is -2.44. The summed E-state index contributed by atoms with van der Waals surface area (Å²) in [6.07, 6.45) is 4.48. The van der Waals surface area contributed by atoms with Gasteiger partial charge in [-0.15, -0.1) is 0 Å². The molecule has 2 aliphatic rings. The molecule has 2 aromatic rings. The van der Waals surface area contributed by atoms with Crippen molar-refractivity contribution < 1.29 is 13.6 Å². The zero-order chi connectivity index (χ0) is 13.7. The fraction of sp³-hybridized carbons (Fsp3) is 0.429. The Kier molecular flexibility index (Phi) is 2.53. The number of carbonyl (C=O) groups excluding carboxylic acids is 1. The molecule has 3 atom stereocenters. The molecule has 0 spiro atoms. The molecule has 3 heterocycles. The summed E-state index contributed by atoms with van der Waals surface area (Å²) in [5, 5.41) is 6.70. The van der Waals surface area contributed by atoms with E-state index in [1.54, 1.807) is 0 Å². The standard InChI is InChI=1S/C14H14FN3O2/c15-10-6-20-13-5-17-12(3-9(10)13)14(19)18-11-2-8-1-7(11)4-16-8/h3,5-8,11,16H,1-2,4H2,(H,18,19). The first-order valence-corrected chi connectivity index (χ1v) is 6.77. The molecule has 0 aromatic carbocycles. The van der Waals surface area contributed by atoms with E-state index < -0.39 is 5.82 Å². The average molecular weight is 275 g/mol. The highest BCUT2D eigenvalue weighted by molar-refractivity contribution is 5.95. The number of piperidine rings is 1. The minimum absolute atomic E-state index is 0.195. The summed E-state index contributed by atoms with van der Waals surface area (Å²) < 4.78 is 18.4. The number of amides is 1. The maximum absolute atomic E-state index is 13.5. The molecule has 20 heavy (non-hydrogen) atoms. The molecule has 104 valence electrons. The molecule has 6 heteroatoms. The average Bonchev–Trinajstić information content (AvgIpc) is 3.15. The van der Waals surface area contributed by atoms with Crippen LogP contribution in [0.2, 0.25) is 0 Å². The lowest BCUT2D eigenvalue weighted by atomic mass is 10.0. The summed E-state index contributed by atoms with van der Waals surface area (Å²) in [5.41, 5.74) is 0.580. The van der Waals surface area contributed by atoms with Crippen molar-refractivity contribution in [2.24, 2.45) is 5.92 Å². The summed E-state index contributed by atoms with van der Waals surface area (Å²) in [7, 11) is 0. The third-order valence-corrected chi connectivity index (χ3v) is 4.33. The molecule has 1 saturated carbocycles. The van der Waals surface area contributed by atoms with Gasteiger partial charge < -0.3 is 15.1 Å². The Morgan fingerprint density at radius 2 is 2.40 bits per heavy atom. The second kappa shape index (κ2) is 4.28. The molecule has 3 unspecified atom stereocenters. The lowest BCUT2D eigenvalue weighted by molar-refractivity contribution is 0.0920. The van der Waals surface area contributed by atoms with E-state index in [9.17, 15) is 9.18 Å². The van der Waals surface area contributed by atoms with Crippen molar-refractivity contribution in [1.82, 2.24) is 15.6 Å². The molecule has 2 fully saturated rings. The first-order valence-electron chi connectivity index (χ1n) is 6.77. The Labute approximate surface area is 114 Å². The predicted molar refractivity (Wildman–Crippen MR) is 69.7 cm³/mol. The van der Waals surface area contributed by atoms with E-state index in [-0.39, 0.29) is 17.6 Å². The van der Waals surface area contributed by atoms with Crippen LogP contribution in [0.15, 0.2) is 22.9 Å². The Morgan fingerprint density at radius 3 is 3.15 bits per heavy atom. The third kappa shape index (κ3) is 1.79. The fourth-order valence-corrected chi connectivity index (χ4v) is 3.28. The molecule has 4 rings (SSSR count). The largest absolute Gasteiger partial charge is 0.460 e. The van der Waals surface area contributed by atoms with Crippen molar-refractivity contribution >= 4 is 16.9 Å². The van der Waals surface area contributed by atoms with Crippen molar-refractivity contribution in [2.45, 2.75) is 24.9 Å². The molecule has 0 radical (unpaired) electrons. The SMILES string of the molecule is O=C(NC1CC2CC1CN2)c1cc2c(F)coc2cn1. The van der Waals surface area contributed by atoms with E-state index in [2.05, 4.69) is 15.6 Å². The van der Waals surface area contributed by atoms with Gasteiger partial charge in [0.25, 0.3) is 5.91 Å². The van der Waals surface area contributed by atoms with Crippen LogP contribution < -0.4 is 10.6 Å².